The molecule has 0 rings (SSSR count). The molecule has 0 saturated carbocycles. The Bertz CT molecular complexity index is 372. The van der Waals surface area contributed by atoms with Gasteiger partial charge in [0, 0.05) is 7.26 Å². The maximum atomic E-state index is 2.38. The third-order valence-electron chi connectivity index (χ3n) is 8.94. The maximum absolute atomic E-state index is 2.38. The van der Waals surface area contributed by atoms with Crippen molar-refractivity contribution in [2.24, 2.45) is 0 Å². The summed E-state index contributed by atoms with van der Waals surface area (Å²) in [6.07, 6.45) is 48.1. The van der Waals surface area contributed by atoms with Crippen LogP contribution in [-0.2, 0) is 0 Å². The predicted molar refractivity (Wildman–Crippen MR) is 178 cm³/mol. The first-order chi connectivity index (χ1) is 18.2. The summed E-state index contributed by atoms with van der Waals surface area (Å²) in [5, 5.41) is 0. The average molecular weight is 575 g/mol. The van der Waals surface area contributed by atoms with Crippen LogP contribution >= 0.6 is 7.26 Å². The van der Waals surface area contributed by atoms with Crippen LogP contribution in [0, 0.1) is 0 Å². The standard InChI is InChI=1S/C36H76P.ClH/c1-5-9-13-17-19-21-23-25-27-31-35-37(33-29-15-11-7-3,34-30-16-12-8-4)36-32-28-26-24-22-20-18-14-10-6-2;/h5-36H2,1-4H3;1H/q+1;/p-1. The van der Waals surface area contributed by atoms with Gasteiger partial charge >= 0.3 is 0 Å². The van der Waals surface area contributed by atoms with Gasteiger partial charge in [-0.25, -0.2) is 0 Å². The van der Waals surface area contributed by atoms with Gasteiger partial charge in [0.15, 0.2) is 0 Å². The van der Waals surface area contributed by atoms with Gasteiger partial charge in [0.05, 0.1) is 24.6 Å². The second-order valence-corrected chi connectivity index (χ2v) is 17.2. The van der Waals surface area contributed by atoms with Crippen LogP contribution in [0.25, 0.3) is 0 Å². The maximum Gasteiger partial charge on any atom is 0.0594 e. The minimum Gasteiger partial charge on any atom is -1.00 e. The summed E-state index contributed by atoms with van der Waals surface area (Å²) in [4.78, 5) is 0. The molecule has 0 N–H and O–H groups in total. The summed E-state index contributed by atoms with van der Waals surface area (Å²) in [5.41, 5.74) is 0. The van der Waals surface area contributed by atoms with Gasteiger partial charge < -0.3 is 12.4 Å². The first-order valence-electron chi connectivity index (χ1n) is 18.1. The lowest BCUT2D eigenvalue weighted by Crippen LogP contribution is -3.00. The Morgan fingerprint density at radius 1 is 0.237 bits per heavy atom. The number of rotatable bonds is 32. The fourth-order valence-corrected chi connectivity index (χ4v) is 11.2. The van der Waals surface area contributed by atoms with E-state index in [1.807, 2.05) is 0 Å². The number of halogens is 1. The van der Waals surface area contributed by atoms with Crippen LogP contribution < -0.4 is 12.4 Å². The van der Waals surface area contributed by atoms with Crippen molar-refractivity contribution in [3.8, 4) is 0 Å². The van der Waals surface area contributed by atoms with E-state index in [9.17, 15) is 0 Å². The van der Waals surface area contributed by atoms with E-state index >= 15 is 0 Å². The Kier molecular flexibility index (Phi) is 36.5. The molecule has 38 heavy (non-hydrogen) atoms. The second kappa shape index (κ2) is 33.9. The highest BCUT2D eigenvalue weighted by atomic mass is 35.5. The molecule has 0 amide bonds. The molecule has 0 aliphatic carbocycles. The predicted octanol–water partition coefficient (Wildman–Crippen LogP) is 11.0. The van der Waals surface area contributed by atoms with Crippen molar-refractivity contribution in [2.75, 3.05) is 24.6 Å². The van der Waals surface area contributed by atoms with Crippen LogP contribution in [0.3, 0.4) is 0 Å². The van der Waals surface area contributed by atoms with Crippen molar-refractivity contribution in [1.29, 1.82) is 0 Å². The first kappa shape index (κ1) is 40.9. The quantitative estimate of drug-likeness (QED) is 0.0553. The third kappa shape index (κ3) is 28.3. The van der Waals surface area contributed by atoms with Crippen LogP contribution in [-0.4, -0.2) is 24.6 Å². The highest BCUT2D eigenvalue weighted by molar-refractivity contribution is 7.75. The van der Waals surface area contributed by atoms with Crippen LogP contribution in [0.4, 0.5) is 0 Å². The van der Waals surface area contributed by atoms with Crippen molar-refractivity contribution in [2.45, 2.75) is 207 Å². The molecule has 0 heterocycles. The molecule has 0 aliphatic rings. The van der Waals surface area contributed by atoms with Gasteiger partial charge in [-0.2, -0.15) is 0 Å². The van der Waals surface area contributed by atoms with Crippen LogP contribution in [0.5, 0.6) is 0 Å². The van der Waals surface area contributed by atoms with Gasteiger partial charge in [0.1, 0.15) is 0 Å². The number of unbranched alkanes of at least 4 members (excludes halogenated alkanes) is 24. The fourth-order valence-electron chi connectivity index (χ4n) is 6.29. The highest BCUT2D eigenvalue weighted by Gasteiger charge is 2.34. The van der Waals surface area contributed by atoms with Crippen molar-refractivity contribution in [3.05, 3.63) is 0 Å². The first-order valence-corrected chi connectivity index (χ1v) is 20.6. The van der Waals surface area contributed by atoms with E-state index in [0.717, 1.165) is 0 Å². The average Bonchev–Trinajstić information content (AvgIpc) is 2.91. The van der Waals surface area contributed by atoms with Gasteiger partial charge in [-0.3, -0.25) is 0 Å². The van der Waals surface area contributed by atoms with Crippen molar-refractivity contribution < 1.29 is 12.4 Å². The zero-order valence-corrected chi connectivity index (χ0v) is 29.1. The molecule has 2 heteroatoms. The molecule has 0 fully saturated rings. The van der Waals surface area contributed by atoms with Crippen molar-refractivity contribution in [1.82, 2.24) is 0 Å². The number of hydrogen-bond donors (Lipinski definition) is 0. The second-order valence-electron chi connectivity index (χ2n) is 12.7. The lowest BCUT2D eigenvalue weighted by atomic mass is 10.1. The molecule has 232 valence electrons. The molecule has 0 aromatic carbocycles. The molecule has 0 unspecified atom stereocenters. The molecule has 0 nitrogen and oxygen atoms in total. The van der Waals surface area contributed by atoms with Gasteiger partial charge in [0.2, 0.25) is 0 Å². The van der Waals surface area contributed by atoms with E-state index in [1.54, 1.807) is 50.3 Å². The fraction of sp³-hybridized carbons (Fsp3) is 1.00. The Morgan fingerprint density at radius 3 is 0.605 bits per heavy atom. The lowest BCUT2D eigenvalue weighted by Gasteiger charge is -2.28. The molecule has 0 aromatic heterocycles. The summed E-state index contributed by atoms with van der Waals surface area (Å²) in [5.74, 6) is 0. The smallest absolute Gasteiger partial charge is 0.0594 e. The SMILES string of the molecule is CCCCCCCCCCCC[P+](CCCCCC)(CCCCCC)CCCCCCCCCCCC.[Cl-]. The Labute approximate surface area is 251 Å². The molecular formula is C36H76ClP. The summed E-state index contributed by atoms with van der Waals surface area (Å²) in [6, 6.07) is 0. The van der Waals surface area contributed by atoms with Crippen molar-refractivity contribution >= 4 is 7.26 Å². The summed E-state index contributed by atoms with van der Waals surface area (Å²) < 4.78 is 0. The van der Waals surface area contributed by atoms with Gasteiger partial charge in [-0.05, 0) is 51.4 Å². The monoisotopic (exact) mass is 575 g/mol. The number of hydrogen-bond acceptors (Lipinski definition) is 0. The Balaban J connectivity index is 0. The molecule has 0 atom stereocenters. The van der Waals surface area contributed by atoms with E-state index < -0.39 is 7.26 Å². The molecule has 0 bridgehead atoms. The lowest BCUT2D eigenvalue weighted by molar-refractivity contribution is -0.00000843. The van der Waals surface area contributed by atoms with Gasteiger partial charge in [0.25, 0.3) is 0 Å². The summed E-state index contributed by atoms with van der Waals surface area (Å²) in [7, 11) is -0.725. The van der Waals surface area contributed by atoms with Crippen LogP contribution in [0.2, 0.25) is 0 Å². The minimum absolute atomic E-state index is 0. The van der Waals surface area contributed by atoms with Crippen LogP contribution in [0.1, 0.15) is 207 Å². The van der Waals surface area contributed by atoms with Gasteiger partial charge in [-0.15, -0.1) is 0 Å². The van der Waals surface area contributed by atoms with E-state index in [1.165, 1.54) is 154 Å². The summed E-state index contributed by atoms with van der Waals surface area (Å²) in [6.45, 7) is 9.40. The molecule has 0 aromatic rings. The van der Waals surface area contributed by atoms with E-state index in [0.29, 0.717) is 0 Å². The zero-order chi connectivity index (χ0) is 27.1. The molecule has 0 spiro atoms. The Hall–Kier alpha value is 0.720. The highest BCUT2D eigenvalue weighted by Crippen LogP contribution is 2.61. The largest absolute Gasteiger partial charge is 1.00 e. The molecule has 0 aliphatic heterocycles. The van der Waals surface area contributed by atoms with Gasteiger partial charge in [-0.1, -0.05) is 156 Å². The minimum atomic E-state index is -0.725. The summed E-state index contributed by atoms with van der Waals surface area (Å²) >= 11 is 0. The molecule has 0 saturated heterocycles. The van der Waals surface area contributed by atoms with E-state index in [4.69, 9.17) is 0 Å². The zero-order valence-electron chi connectivity index (χ0n) is 27.5. The van der Waals surface area contributed by atoms with Crippen LogP contribution in [0.15, 0.2) is 0 Å². The normalized spacial score (nSPS) is 11.7. The molecule has 0 radical (unpaired) electrons. The van der Waals surface area contributed by atoms with E-state index in [-0.39, 0.29) is 12.4 Å². The molecular weight excluding hydrogens is 499 g/mol. The Morgan fingerprint density at radius 2 is 0.395 bits per heavy atom. The topological polar surface area (TPSA) is 0 Å². The van der Waals surface area contributed by atoms with Crippen molar-refractivity contribution in [3.63, 3.8) is 0 Å². The van der Waals surface area contributed by atoms with E-state index in [2.05, 4.69) is 27.7 Å². The third-order valence-corrected chi connectivity index (χ3v) is 14.0.